The maximum Gasteiger partial charge on any atom is 0.123 e. The van der Waals surface area contributed by atoms with E-state index in [1.54, 1.807) is 12.1 Å². The van der Waals surface area contributed by atoms with Crippen molar-refractivity contribution in [2.75, 3.05) is 19.8 Å². The van der Waals surface area contributed by atoms with E-state index in [4.69, 9.17) is 4.74 Å². The molecule has 0 heterocycles. The molecule has 1 atom stereocenters. The lowest BCUT2D eigenvalue weighted by atomic mass is 9.91. The Bertz CT molecular complexity index is 363. The van der Waals surface area contributed by atoms with Crippen molar-refractivity contribution in [3.8, 4) is 5.75 Å². The Kier molecular flexibility index (Phi) is 7.55. The smallest absolute Gasteiger partial charge is 0.123 e. The van der Waals surface area contributed by atoms with Crippen LogP contribution < -0.4 is 10.1 Å². The molecule has 0 saturated heterocycles. The standard InChI is InChI=1S/C16H26FNO2/c1-3-11-18-16(4-2,13-19)10-5-12-20-15-8-6-14(17)7-9-15/h6-9,18-19H,3-5,10-13H2,1-2H3. The van der Waals surface area contributed by atoms with Crippen LogP contribution in [0.25, 0.3) is 0 Å². The molecule has 0 aromatic heterocycles. The number of ether oxygens (including phenoxy) is 1. The summed E-state index contributed by atoms with van der Waals surface area (Å²) in [5.74, 6) is 0.422. The molecule has 0 aliphatic heterocycles. The van der Waals surface area contributed by atoms with Crippen LogP contribution in [0.15, 0.2) is 24.3 Å². The number of hydrogen-bond donors (Lipinski definition) is 2. The monoisotopic (exact) mass is 283 g/mol. The molecule has 1 rings (SSSR count). The Labute approximate surface area is 121 Å². The average molecular weight is 283 g/mol. The second-order valence-corrected chi connectivity index (χ2v) is 5.12. The fourth-order valence-corrected chi connectivity index (χ4v) is 2.16. The second kappa shape index (κ2) is 8.93. The summed E-state index contributed by atoms with van der Waals surface area (Å²) in [7, 11) is 0. The van der Waals surface area contributed by atoms with Crippen LogP contribution >= 0.6 is 0 Å². The van der Waals surface area contributed by atoms with Gasteiger partial charge in [0, 0.05) is 5.54 Å². The first-order chi connectivity index (χ1) is 9.65. The average Bonchev–Trinajstić information content (AvgIpc) is 2.49. The molecule has 3 nitrogen and oxygen atoms in total. The third-order valence-corrected chi connectivity index (χ3v) is 3.61. The van der Waals surface area contributed by atoms with Gasteiger partial charge in [0.1, 0.15) is 11.6 Å². The van der Waals surface area contributed by atoms with Crippen molar-refractivity contribution in [2.45, 2.75) is 45.1 Å². The molecule has 0 radical (unpaired) electrons. The largest absolute Gasteiger partial charge is 0.494 e. The zero-order valence-corrected chi connectivity index (χ0v) is 12.5. The van der Waals surface area contributed by atoms with E-state index in [0.717, 1.165) is 32.2 Å². The number of aliphatic hydroxyl groups is 1. The van der Waals surface area contributed by atoms with Gasteiger partial charge in [-0.25, -0.2) is 4.39 Å². The van der Waals surface area contributed by atoms with E-state index < -0.39 is 0 Å². The van der Waals surface area contributed by atoms with Gasteiger partial charge in [0.15, 0.2) is 0 Å². The predicted molar refractivity (Wildman–Crippen MR) is 79.5 cm³/mol. The summed E-state index contributed by atoms with van der Waals surface area (Å²) in [5, 5.41) is 13.0. The van der Waals surface area contributed by atoms with Crippen molar-refractivity contribution in [2.24, 2.45) is 0 Å². The zero-order chi connectivity index (χ0) is 14.8. The van der Waals surface area contributed by atoms with Gasteiger partial charge >= 0.3 is 0 Å². The quantitative estimate of drug-likeness (QED) is 0.648. The molecule has 0 amide bonds. The molecule has 0 saturated carbocycles. The molecule has 0 fully saturated rings. The van der Waals surface area contributed by atoms with Gasteiger partial charge in [-0.05, 0) is 56.5 Å². The van der Waals surface area contributed by atoms with Gasteiger partial charge in [0.25, 0.3) is 0 Å². The lowest BCUT2D eigenvalue weighted by Crippen LogP contribution is -2.48. The second-order valence-electron chi connectivity index (χ2n) is 5.12. The number of benzene rings is 1. The third-order valence-electron chi connectivity index (χ3n) is 3.61. The molecule has 2 N–H and O–H groups in total. The van der Waals surface area contributed by atoms with Gasteiger partial charge < -0.3 is 15.2 Å². The van der Waals surface area contributed by atoms with Gasteiger partial charge in [0.2, 0.25) is 0 Å². The predicted octanol–water partition coefficient (Wildman–Crippen LogP) is 3.13. The summed E-state index contributed by atoms with van der Waals surface area (Å²) in [6.45, 7) is 5.82. The summed E-state index contributed by atoms with van der Waals surface area (Å²) in [6.07, 6.45) is 3.65. The van der Waals surface area contributed by atoms with E-state index in [9.17, 15) is 9.50 Å². The van der Waals surface area contributed by atoms with E-state index in [1.165, 1.54) is 12.1 Å². The van der Waals surface area contributed by atoms with Crippen molar-refractivity contribution in [3.63, 3.8) is 0 Å². The fraction of sp³-hybridized carbons (Fsp3) is 0.625. The normalized spacial score (nSPS) is 14.0. The van der Waals surface area contributed by atoms with Crippen molar-refractivity contribution < 1.29 is 14.2 Å². The van der Waals surface area contributed by atoms with E-state index in [2.05, 4.69) is 19.2 Å². The van der Waals surface area contributed by atoms with E-state index >= 15 is 0 Å². The maximum absolute atomic E-state index is 12.7. The first-order valence-electron chi connectivity index (χ1n) is 7.40. The molecule has 0 bridgehead atoms. The van der Waals surface area contributed by atoms with Crippen LogP contribution in [0.4, 0.5) is 4.39 Å². The summed E-state index contributed by atoms with van der Waals surface area (Å²) < 4.78 is 18.3. The molecule has 1 unspecified atom stereocenters. The molecule has 0 spiro atoms. The zero-order valence-electron chi connectivity index (χ0n) is 12.5. The summed E-state index contributed by atoms with van der Waals surface area (Å²) in [4.78, 5) is 0. The highest BCUT2D eigenvalue weighted by Crippen LogP contribution is 2.18. The minimum absolute atomic E-state index is 0.139. The van der Waals surface area contributed by atoms with Gasteiger partial charge in [-0.15, -0.1) is 0 Å². The maximum atomic E-state index is 12.7. The van der Waals surface area contributed by atoms with Crippen LogP contribution in [0.2, 0.25) is 0 Å². The van der Waals surface area contributed by atoms with Gasteiger partial charge in [-0.3, -0.25) is 0 Å². The lowest BCUT2D eigenvalue weighted by Gasteiger charge is -2.32. The minimum atomic E-state index is -0.258. The van der Waals surface area contributed by atoms with Gasteiger partial charge in [0.05, 0.1) is 13.2 Å². The van der Waals surface area contributed by atoms with Crippen molar-refractivity contribution in [1.82, 2.24) is 5.32 Å². The first kappa shape index (κ1) is 16.9. The molecule has 20 heavy (non-hydrogen) atoms. The molecule has 0 aliphatic carbocycles. The highest BCUT2D eigenvalue weighted by molar-refractivity contribution is 5.21. The van der Waals surface area contributed by atoms with Crippen molar-refractivity contribution >= 4 is 0 Å². The third kappa shape index (κ3) is 5.47. The van der Waals surface area contributed by atoms with Gasteiger partial charge in [-0.1, -0.05) is 13.8 Å². The number of aliphatic hydroxyl groups excluding tert-OH is 1. The van der Waals surface area contributed by atoms with Crippen LogP contribution in [-0.4, -0.2) is 30.4 Å². The minimum Gasteiger partial charge on any atom is -0.494 e. The summed E-state index contributed by atoms with van der Waals surface area (Å²) in [6, 6.07) is 6.04. The van der Waals surface area contributed by atoms with Crippen LogP contribution in [0.1, 0.15) is 39.5 Å². The Morgan fingerprint density at radius 3 is 2.50 bits per heavy atom. The van der Waals surface area contributed by atoms with Crippen LogP contribution in [-0.2, 0) is 0 Å². The fourth-order valence-electron chi connectivity index (χ4n) is 2.16. The molecular formula is C16H26FNO2. The first-order valence-corrected chi connectivity index (χ1v) is 7.40. The van der Waals surface area contributed by atoms with E-state index in [-0.39, 0.29) is 18.0 Å². The van der Waals surface area contributed by atoms with Crippen LogP contribution in [0.5, 0.6) is 5.75 Å². The SMILES string of the molecule is CCCNC(CC)(CO)CCCOc1ccc(F)cc1. The van der Waals surface area contributed by atoms with Crippen LogP contribution in [0, 0.1) is 5.82 Å². The van der Waals surface area contributed by atoms with E-state index in [0.29, 0.717) is 12.4 Å². The molecule has 1 aromatic carbocycles. The van der Waals surface area contributed by atoms with Crippen molar-refractivity contribution in [3.05, 3.63) is 30.1 Å². The summed E-state index contributed by atoms with van der Waals surface area (Å²) >= 11 is 0. The number of hydrogen-bond acceptors (Lipinski definition) is 3. The van der Waals surface area contributed by atoms with Gasteiger partial charge in [-0.2, -0.15) is 0 Å². The topological polar surface area (TPSA) is 41.5 Å². The molecular weight excluding hydrogens is 257 g/mol. The van der Waals surface area contributed by atoms with Crippen molar-refractivity contribution in [1.29, 1.82) is 0 Å². The number of rotatable bonds is 10. The summed E-state index contributed by atoms with van der Waals surface area (Å²) in [5.41, 5.74) is -0.206. The Hall–Kier alpha value is -1.13. The Balaban J connectivity index is 2.34. The highest BCUT2D eigenvalue weighted by atomic mass is 19.1. The molecule has 114 valence electrons. The van der Waals surface area contributed by atoms with E-state index in [1.807, 2.05) is 0 Å². The Morgan fingerprint density at radius 2 is 1.95 bits per heavy atom. The van der Waals surface area contributed by atoms with Crippen LogP contribution in [0.3, 0.4) is 0 Å². The number of nitrogens with one attached hydrogen (secondary N) is 1. The highest BCUT2D eigenvalue weighted by Gasteiger charge is 2.25. The lowest BCUT2D eigenvalue weighted by molar-refractivity contribution is 0.138. The number of halogens is 1. The molecule has 4 heteroatoms. The molecule has 0 aliphatic rings. The molecule has 1 aromatic rings. The Morgan fingerprint density at radius 1 is 1.25 bits per heavy atom.